The van der Waals surface area contributed by atoms with Crippen molar-refractivity contribution < 1.29 is 24.2 Å². The average molecular weight is 497 g/mol. The van der Waals surface area contributed by atoms with E-state index in [0.717, 1.165) is 32.1 Å². The summed E-state index contributed by atoms with van der Waals surface area (Å²) < 4.78 is 4.42. The summed E-state index contributed by atoms with van der Waals surface area (Å²) in [4.78, 5) is 42.6. The molecule has 0 aromatic rings. The number of thioether (sulfide) groups is 1. The van der Waals surface area contributed by atoms with E-state index in [2.05, 4.69) is 33.0 Å². The van der Waals surface area contributed by atoms with Gasteiger partial charge in [-0.2, -0.15) is 0 Å². The Labute approximate surface area is 209 Å². The highest BCUT2D eigenvalue weighted by atomic mass is 32.2. The highest BCUT2D eigenvalue weighted by molar-refractivity contribution is 8.02. The Hall–Kier alpha value is -1.28. The number of hydrogen-bond donors (Lipinski definition) is 2. The van der Waals surface area contributed by atoms with Gasteiger partial charge in [-0.3, -0.25) is 14.4 Å². The van der Waals surface area contributed by atoms with Gasteiger partial charge >= 0.3 is 5.97 Å². The largest absolute Gasteiger partial charge is 0.466 e. The van der Waals surface area contributed by atoms with Crippen LogP contribution in [0.3, 0.4) is 0 Å². The van der Waals surface area contributed by atoms with Crippen molar-refractivity contribution in [1.29, 1.82) is 0 Å². The normalized spacial score (nSPS) is 32.8. The summed E-state index contributed by atoms with van der Waals surface area (Å²) in [5.41, 5.74) is -0.391. The van der Waals surface area contributed by atoms with E-state index in [9.17, 15) is 14.4 Å². The van der Waals surface area contributed by atoms with E-state index in [-0.39, 0.29) is 36.4 Å². The van der Waals surface area contributed by atoms with Crippen molar-refractivity contribution in [2.75, 3.05) is 19.8 Å². The Morgan fingerprint density at radius 3 is 2.44 bits per heavy atom. The summed E-state index contributed by atoms with van der Waals surface area (Å²) in [6.45, 7) is 15.2. The monoisotopic (exact) mass is 496 g/mol. The van der Waals surface area contributed by atoms with Crippen LogP contribution in [0.15, 0.2) is 0 Å². The molecule has 3 heterocycles. The minimum atomic E-state index is -0.609. The van der Waals surface area contributed by atoms with E-state index in [1.165, 1.54) is 0 Å². The van der Waals surface area contributed by atoms with Gasteiger partial charge < -0.3 is 20.1 Å². The SMILES string of the molecule is CCOC(=O)[C@H]1[C@H]2C(=O)N(CCCCCO)C(C(=O)NC(C)(C)CC(C)(C)C)C23CC[C@]1(C)S3. The third kappa shape index (κ3) is 4.99. The van der Waals surface area contributed by atoms with Gasteiger partial charge in [-0.15, -0.1) is 11.8 Å². The molecule has 0 saturated carbocycles. The van der Waals surface area contributed by atoms with E-state index >= 15 is 0 Å². The maximum absolute atomic E-state index is 13.9. The van der Waals surface area contributed by atoms with Gasteiger partial charge in [-0.25, -0.2) is 0 Å². The van der Waals surface area contributed by atoms with Gasteiger partial charge in [0.1, 0.15) is 6.04 Å². The van der Waals surface area contributed by atoms with Crippen molar-refractivity contribution in [2.24, 2.45) is 17.3 Å². The number of likely N-dealkylation sites (tertiary alicyclic amines) is 1. The fourth-order valence-corrected chi connectivity index (χ4v) is 9.24. The van der Waals surface area contributed by atoms with Crippen LogP contribution in [0.5, 0.6) is 0 Å². The van der Waals surface area contributed by atoms with Crippen molar-refractivity contribution >= 4 is 29.5 Å². The number of esters is 1. The number of nitrogens with one attached hydrogen (secondary N) is 1. The number of amides is 2. The number of rotatable bonds is 10. The lowest BCUT2D eigenvalue weighted by atomic mass is 9.66. The van der Waals surface area contributed by atoms with E-state index in [4.69, 9.17) is 9.84 Å². The van der Waals surface area contributed by atoms with Gasteiger partial charge in [0.2, 0.25) is 11.8 Å². The smallest absolute Gasteiger partial charge is 0.311 e. The van der Waals surface area contributed by atoms with E-state index in [1.54, 1.807) is 23.6 Å². The fraction of sp³-hybridized carbons (Fsp3) is 0.885. The zero-order valence-corrected chi connectivity index (χ0v) is 22.8. The van der Waals surface area contributed by atoms with Gasteiger partial charge in [0.05, 0.1) is 23.2 Å². The molecule has 0 aromatic heterocycles. The summed E-state index contributed by atoms with van der Waals surface area (Å²) in [7, 11) is 0. The predicted octanol–water partition coefficient (Wildman–Crippen LogP) is 3.52. The van der Waals surface area contributed by atoms with Gasteiger partial charge in [0.25, 0.3) is 0 Å². The number of nitrogens with zero attached hydrogens (tertiary/aromatic N) is 1. The Kier molecular flexibility index (Phi) is 7.74. The summed E-state index contributed by atoms with van der Waals surface area (Å²) in [5, 5.41) is 12.4. The molecule has 0 aliphatic carbocycles. The topological polar surface area (TPSA) is 95.9 Å². The molecule has 3 aliphatic heterocycles. The number of carbonyl (C=O) groups excluding carboxylic acids is 3. The van der Waals surface area contributed by atoms with Crippen LogP contribution in [0.25, 0.3) is 0 Å². The van der Waals surface area contributed by atoms with Crippen molar-refractivity contribution in [3.8, 4) is 0 Å². The first kappa shape index (κ1) is 27.3. The molecule has 2 amide bonds. The van der Waals surface area contributed by atoms with Gasteiger partial charge in [-0.05, 0) is 71.6 Å². The molecule has 2 bridgehead atoms. The Morgan fingerprint density at radius 2 is 1.85 bits per heavy atom. The Bertz CT molecular complexity index is 810. The van der Waals surface area contributed by atoms with E-state index in [1.807, 2.05) is 13.8 Å². The van der Waals surface area contributed by atoms with Crippen LogP contribution in [-0.4, -0.2) is 68.6 Å². The Morgan fingerprint density at radius 1 is 1.18 bits per heavy atom. The molecule has 3 fully saturated rings. The highest BCUT2D eigenvalue weighted by Gasteiger charge is 2.77. The molecular formula is C26H44N2O5S. The van der Waals surface area contributed by atoms with Crippen LogP contribution in [0.2, 0.25) is 0 Å². The molecule has 194 valence electrons. The molecule has 3 rings (SSSR count). The van der Waals surface area contributed by atoms with Crippen molar-refractivity contribution in [1.82, 2.24) is 10.2 Å². The number of carbonyl (C=O) groups is 3. The fourth-order valence-electron chi connectivity index (χ4n) is 6.90. The molecule has 0 radical (unpaired) electrons. The number of aliphatic hydroxyl groups excluding tert-OH is 1. The van der Waals surface area contributed by atoms with Crippen LogP contribution in [0, 0.1) is 17.3 Å². The second-order valence-electron chi connectivity index (χ2n) is 12.4. The van der Waals surface area contributed by atoms with Crippen LogP contribution < -0.4 is 5.32 Å². The number of aliphatic hydroxyl groups is 1. The van der Waals surface area contributed by atoms with Gasteiger partial charge in [0, 0.05) is 23.4 Å². The third-order valence-corrected chi connectivity index (χ3v) is 9.54. The van der Waals surface area contributed by atoms with Crippen LogP contribution in [-0.2, 0) is 19.1 Å². The predicted molar refractivity (Wildman–Crippen MR) is 134 cm³/mol. The molecule has 8 heteroatoms. The molecule has 7 nitrogen and oxygen atoms in total. The Balaban J connectivity index is 1.95. The van der Waals surface area contributed by atoms with E-state index in [0.29, 0.717) is 13.0 Å². The minimum absolute atomic E-state index is 0.0378. The molecule has 2 unspecified atom stereocenters. The maximum Gasteiger partial charge on any atom is 0.311 e. The molecule has 5 atom stereocenters. The molecule has 3 aliphatic rings. The van der Waals surface area contributed by atoms with Gasteiger partial charge in [-0.1, -0.05) is 20.8 Å². The number of unbranched alkanes of at least 4 members (excludes halogenated alkanes) is 2. The molecule has 34 heavy (non-hydrogen) atoms. The second kappa shape index (κ2) is 9.64. The van der Waals surface area contributed by atoms with E-state index < -0.39 is 32.9 Å². The lowest BCUT2D eigenvalue weighted by Crippen LogP contribution is -2.58. The first-order valence-corrected chi connectivity index (χ1v) is 13.6. The lowest BCUT2D eigenvalue weighted by Gasteiger charge is -2.38. The van der Waals surface area contributed by atoms with Crippen molar-refractivity contribution in [3.05, 3.63) is 0 Å². The van der Waals surface area contributed by atoms with Gasteiger partial charge in [0.15, 0.2) is 0 Å². The zero-order valence-electron chi connectivity index (χ0n) is 22.0. The quantitative estimate of drug-likeness (QED) is 0.355. The first-order valence-electron chi connectivity index (χ1n) is 12.8. The summed E-state index contributed by atoms with van der Waals surface area (Å²) in [6, 6.07) is -0.607. The molecule has 2 N–H and O–H groups in total. The molecular weight excluding hydrogens is 452 g/mol. The number of ether oxygens (including phenoxy) is 1. The summed E-state index contributed by atoms with van der Waals surface area (Å²) in [6.07, 6.45) is 4.51. The average Bonchev–Trinajstić information content (AvgIpc) is 3.24. The minimum Gasteiger partial charge on any atom is -0.466 e. The van der Waals surface area contributed by atoms with Crippen LogP contribution >= 0.6 is 11.8 Å². The van der Waals surface area contributed by atoms with Crippen LogP contribution in [0.4, 0.5) is 0 Å². The zero-order chi connectivity index (χ0) is 25.5. The van der Waals surface area contributed by atoms with Crippen molar-refractivity contribution in [3.63, 3.8) is 0 Å². The molecule has 0 aromatic carbocycles. The first-order chi connectivity index (χ1) is 15.7. The number of hydrogen-bond acceptors (Lipinski definition) is 6. The molecule has 3 saturated heterocycles. The standard InChI is InChI=1S/C26H44N2O5S/c1-8-33-22(32)18-17-21(31)28(14-10-9-11-15-29)19(26(17)13-12-25(18,7)34-26)20(30)27-24(5,6)16-23(2,3)4/h17-19,29H,8-16H2,1-7H3,(H,27,30)/t17-,18+,19?,25-,26?/m0/s1. The third-order valence-electron chi connectivity index (χ3n) is 7.56. The summed E-state index contributed by atoms with van der Waals surface area (Å²) >= 11 is 1.68. The second-order valence-corrected chi connectivity index (χ2v) is 14.3. The molecule has 1 spiro atoms. The number of fused-ring (bicyclic) bond motifs is 1. The highest BCUT2D eigenvalue weighted by Crippen LogP contribution is 2.71. The van der Waals surface area contributed by atoms with Crippen molar-refractivity contribution in [2.45, 2.75) is 108 Å². The summed E-state index contributed by atoms with van der Waals surface area (Å²) in [5.74, 6) is -1.58. The van der Waals surface area contributed by atoms with Crippen LogP contribution in [0.1, 0.15) is 87.0 Å². The lowest BCUT2D eigenvalue weighted by molar-refractivity contribution is -0.155. The maximum atomic E-state index is 13.9.